The lowest BCUT2D eigenvalue weighted by molar-refractivity contribution is -0.131. The van der Waals surface area contributed by atoms with Gasteiger partial charge in [-0.2, -0.15) is 0 Å². The van der Waals surface area contributed by atoms with E-state index in [4.69, 9.17) is 4.98 Å². The van der Waals surface area contributed by atoms with Crippen LogP contribution in [-0.2, 0) is 4.79 Å². The van der Waals surface area contributed by atoms with Crippen molar-refractivity contribution in [3.63, 3.8) is 0 Å². The number of carbonyl (C=O) groups is 3. The normalized spacial score (nSPS) is 16.4. The topological polar surface area (TPSA) is 73.8 Å². The monoisotopic (exact) mass is 434 g/mol. The molecule has 0 bridgehead atoms. The smallest absolute Gasteiger partial charge is 0.262 e. The van der Waals surface area contributed by atoms with Crippen LogP contribution in [0.25, 0.3) is 10.2 Å². The molecular weight excluding hydrogens is 412 g/mol. The highest BCUT2D eigenvalue weighted by Crippen LogP contribution is 2.33. The molecule has 2 aliphatic heterocycles. The molecule has 0 radical (unpaired) electrons. The van der Waals surface area contributed by atoms with Gasteiger partial charge >= 0.3 is 0 Å². The number of thiazole rings is 1. The number of piperazine rings is 1. The fourth-order valence-electron chi connectivity index (χ4n) is 4.15. The highest BCUT2D eigenvalue weighted by atomic mass is 32.1. The van der Waals surface area contributed by atoms with Gasteiger partial charge in [0.15, 0.2) is 5.13 Å². The molecule has 31 heavy (non-hydrogen) atoms. The average Bonchev–Trinajstić information content (AvgIpc) is 3.34. The summed E-state index contributed by atoms with van der Waals surface area (Å²) in [4.78, 5) is 47.7. The number of nitrogens with zero attached hydrogens (tertiary/aromatic N) is 4. The Morgan fingerprint density at radius 1 is 0.935 bits per heavy atom. The number of imide groups is 1. The maximum absolute atomic E-state index is 12.8. The first-order valence-electron chi connectivity index (χ1n) is 10.3. The zero-order chi connectivity index (χ0) is 21.7. The van der Waals surface area contributed by atoms with Crippen LogP contribution < -0.4 is 4.90 Å². The third-order valence-corrected chi connectivity index (χ3v) is 7.26. The van der Waals surface area contributed by atoms with Crippen molar-refractivity contribution in [1.29, 1.82) is 0 Å². The van der Waals surface area contributed by atoms with Crippen molar-refractivity contribution in [2.24, 2.45) is 0 Å². The van der Waals surface area contributed by atoms with Crippen molar-refractivity contribution >= 4 is 44.4 Å². The summed E-state index contributed by atoms with van der Waals surface area (Å²) in [5.74, 6) is -0.995. The summed E-state index contributed by atoms with van der Waals surface area (Å²) in [6.07, 6.45) is 0. The minimum absolute atomic E-state index is 0.204. The largest absolute Gasteiger partial charge is 0.345 e. The molecule has 0 spiro atoms. The van der Waals surface area contributed by atoms with Crippen molar-refractivity contribution in [3.05, 3.63) is 58.7 Å². The predicted molar refractivity (Wildman–Crippen MR) is 120 cm³/mol. The van der Waals surface area contributed by atoms with E-state index in [1.54, 1.807) is 40.5 Å². The van der Waals surface area contributed by atoms with Gasteiger partial charge in [0.05, 0.1) is 21.3 Å². The summed E-state index contributed by atoms with van der Waals surface area (Å²) in [6, 6.07) is 10.9. The van der Waals surface area contributed by atoms with E-state index in [1.807, 2.05) is 0 Å². The third kappa shape index (κ3) is 3.27. The molecule has 2 aliphatic rings. The van der Waals surface area contributed by atoms with Crippen LogP contribution in [0.2, 0.25) is 0 Å². The molecule has 0 unspecified atom stereocenters. The summed E-state index contributed by atoms with van der Waals surface area (Å²) in [7, 11) is 0. The number of carbonyl (C=O) groups excluding carboxylic acids is 3. The lowest BCUT2D eigenvalue weighted by atomic mass is 10.1. The van der Waals surface area contributed by atoms with E-state index in [2.05, 4.69) is 30.9 Å². The Balaban J connectivity index is 1.25. The Labute approximate surface area is 183 Å². The highest BCUT2D eigenvalue weighted by Gasteiger charge is 2.37. The van der Waals surface area contributed by atoms with Crippen LogP contribution in [0.1, 0.15) is 31.8 Å². The number of fused-ring (bicyclic) bond motifs is 2. The lowest BCUT2D eigenvalue weighted by Gasteiger charge is -2.35. The summed E-state index contributed by atoms with van der Waals surface area (Å²) in [6.45, 7) is 6.37. The zero-order valence-electron chi connectivity index (χ0n) is 17.4. The van der Waals surface area contributed by atoms with E-state index in [0.29, 0.717) is 37.3 Å². The van der Waals surface area contributed by atoms with E-state index in [1.165, 1.54) is 10.3 Å². The number of amides is 3. The van der Waals surface area contributed by atoms with Crippen LogP contribution in [0, 0.1) is 13.8 Å². The highest BCUT2D eigenvalue weighted by molar-refractivity contribution is 7.22. The minimum Gasteiger partial charge on any atom is -0.345 e. The van der Waals surface area contributed by atoms with Crippen molar-refractivity contribution in [1.82, 2.24) is 14.8 Å². The fourth-order valence-corrected chi connectivity index (χ4v) is 5.31. The summed E-state index contributed by atoms with van der Waals surface area (Å²) < 4.78 is 1.21. The van der Waals surface area contributed by atoms with E-state index in [-0.39, 0.29) is 12.5 Å². The molecule has 0 saturated carbocycles. The Bertz CT molecular complexity index is 1150. The first-order chi connectivity index (χ1) is 14.9. The first kappa shape index (κ1) is 19.7. The molecule has 2 aromatic carbocycles. The number of rotatable bonds is 3. The molecule has 3 amide bonds. The van der Waals surface area contributed by atoms with Crippen LogP contribution >= 0.6 is 11.3 Å². The number of benzene rings is 2. The SMILES string of the molecule is Cc1ccc(C)c2sc(N3CCN(C(=O)CN4C(=O)c5ccccc5C4=O)CC3)nc12. The lowest BCUT2D eigenvalue weighted by Crippen LogP contribution is -2.51. The molecule has 7 nitrogen and oxygen atoms in total. The van der Waals surface area contributed by atoms with Crippen molar-refractivity contribution in [2.45, 2.75) is 13.8 Å². The van der Waals surface area contributed by atoms with Gasteiger partial charge < -0.3 is 9.80 Å². The Morgan fingerprint density at radius 3 is 2.16 bits per heavy atom. The van der Waals surface area contributed by atoms with Gasteiger partial charge in [-0.25, -0.2) is 4.98 Å². The molecule has 1 fully saturated rings. The van der Waals surface area contributed by atoms with Crippen molar-refractivity contribution < 1.29 is 14.4 Å². The standard InChI is InChI=1S/C23H22N4O3S/c1-14-7-8-15(2)20-19(14)24-23(31-20)26-11-9-25(10-12-26)18(28)13-27-21(29)16-5-3-4-6-17(16)22(27)30/h3-8H,9-13H2,1-2H3. The molecule has 0 N–H and O–H groups in total. The van der Waals surface area contributed by atoms with Gasteiger partial charge in [0.2, 0.25) is 5.91 Å². The number of hydrogen-bond acceptors (Lipinski definition) is 6. The Hall–Kier alpha value is -3.26. The van der Waals surface area contributed by atoms with Crippen LogP contribution in [-0.4, -0.2) is 65.2 Å². The number of hydrogen-bond donors (Lipinski definition) is 0. The molecule has 158 valence electrons. The van der Waals surface area contributed by atoms with E-state index >= 15 is 0 Å². The average molecular weight is 435 g/mol. The first-order valence-corrected chi connectivity index (χ1v) is 11.1. The number of anilines is 1. The van der Waals surface area contributed by atoms with E-state index < -0.39 is 11.8 Å². The van der Waals surface area contributed by atoms with Crippen LogP contribution in [0.4, 0.5) is 5.13 Å². The molecule has 1 aromatic heterocycles. The van der Waals surface area contributed by atoms with Gasteiger partial charge in [0.25, 0.3) is 11.8 Å². The summed E-state index contributed by atoms with van der Waals surface area (Å²) in [5, 5.41) is 0.972. The molecule has 3 heterocycles. The Morgan fingerprint density at radius 2 is 1.55 bits per heavy atom. The summed E-state index contributed by atoms with van der Waals surface area (Å²) >= 11 is 1.69. The minimum atomic E-state index is -0.396. The van der Waals surface area contributed by atoms with Gasteiger partial charge in [-0.3, -0.25) is 19.3 Å². The van der Waals surface area contributed by atoms with Crippen LogP contribution in [0.15, 0.2) is 36.4 Å². The number of aromatic nitrogens is 1. The predicted octanol–water partition coefficient (Wildman–Crippen LogP) is 2.86. The van der Waals surface area contributed by atoms with Gasteiger partial charge in [0, 0.05) is 26.2 Å². The van der Waals surface area contributed by atoms with Gasteiger partial charge in [-0.15, -0.1) is 0 Å². The molecule has 0 atom stereocenters. The molecule has 1 saturated heterocycles. The molecule has 5 rings (SSSR count). The van der Waals surface area contributed by atoms with Crippen LogP contribution in [0.3, 0.4) is 0 Å². The maximum Gasteiger partial charge on any atom is 0.262 e. The second kappa shape index (κ2) is 7.46. The second-order valence-electron chi connectivity index (χ2n) is 7.98. The van der Waals surface area contributed by atoms with Crippen molar-refractivity contribution in [3.8, 4) is 0 Å². The van der Waals surface area contributed by atoms with E-state index in [9.17, 15) is 14.4 Å². The molecular formula is C23H22N4O3S. The molecule has 8 heteroatoms. The Kier molecular flexibility index (Phi) is 4.74. The van der Waals surface area contributed by atoms with Crippen LogP contribution in [0.5, 0.6) is 0 Å². The third-order valence-electron chi connectivity index (χ3n) is 6.01. The van der Waals surface area contributed by atoms with Crippen molar-refractivity contribution in [2.75, 3.05) is 37.6 Å². The molecule has 0 aliphatic carbocycles. The zero-order valence-corrected chi connectivity index (χ0v) is 18.2. The van der Waals surface area contributed by atoms with Gasteiger partial charge in [0.1, 0.15) is 6.54 Å². The quantitative estimate of drug-likeness (QED) is 0.593. The van der Waals surface area contributed by atoms with E-state index in [0.717, 1.165) is 21.1 Å². The number of aryl methyl sites for hydroxylation is 2. The second-order valence-corrected chi connectivity index (χ2v) is 8.96. The maximum atomic E-state index is 12.8. The summed E-state index contributed by atoms with van der Waals surface area (Å²) in [5.41, 5.74) is 4.17. The van der Waals surface area contributed by atoms with Gasteiger partial charge in [-0.05, 0) is 37.1 Å². The fraction of sp³-hybridized carbons (Fsp3) is 0.304. The molecule has 3 aromatic rings. The van der Waals surface area contributed by atoms with Gasteiger partial charge in [-0.1, -0.05) is 35.6 Å².